The van der Waals surface area contributed by atoms with Gasteiger partial charge in [-0.05, 0) is 47.6 Å². The van der Waals surface area contributed by atoms with Crippen molar-refractivity contribution >= 4 is 40.2 Å². The molecule has 1 saturated heterocycles. The van der Waals surface area contributed by atoms with Gasteiger partial charge >= 0.3 is 5.97 Å². The zero-order valence-corrected chi connectivity index (χ0v) is 12.2. The van der Waals surface area contributed by atoms with Gasteiger partial charge in [0.15, 0.2) is 6.10 Å². The molecule has 1 aliphatic rings. The summed E-state index contributed by atoms with van der Waals surface area (Å²) in [4.78, 5) is 22.5. The van der Waals surface area contributed by atoms with E-state index < -0.39 is 35.7 Å². The number of anilines is 1. The monoisotopic (exact) mass is 397 g/mol. The topological polar surface area (TPSA) is 75.6 Å². The Balaban J connectivity index is 2.04. The summed E-state index contributed by atoms with van der Waals surface area (Å²) in [6.07, 6.45) is -1.47. The van der Waals surface area contributed by atoms with Crippen LogP contribution in [0.3, 0.4) is 0 Å². The van der Waals surface area contributed by atoms with Crippen LogP contribution in [0.5, 0.6) is 0 Å². The minimum atomic E-state index is -1.13. The highest BCUT2D eigenvalue weighted by atomic mass is 127. The number of amides is 1. The second-order valence-corrected chi connectivity index (χ2v) is 5.35. The van der Waals surface area contributed by atoms with Crippen molar-refractivity contribution < 1.29 is 28.2 Å². The zero-order chi connectivity index (χ0) is 14.9. The van der Waals surface area contributed by atoms with Gasteiger partial charge < -0.3 is 15.2 Å². The lowest BCUT2D eigenvalue weighted by molar-refractivity contribution is -0.150. The van der Waals surface area contributed by atoms with E-state index in [1.54, 1.807) is 0 Å². The van der Waals surface area contributed by atoms with Gasteiger partial charge in [0.1, 0.15) is 17.7 Å². The van der Waals surface area contributed by atoms with Crippen LogP contribution in [0, 0.1) is 15.2 Å². The number of carbonyl (C=O) groups is 2. The number of carboxylic acids is 1. The van der Waals surface area contributed by atoms with Gasteiger partial charge in [-0.15, -0.1) is 0 Å². The quantitative estimate of drug-likeness (QED) is 0.606. The van der Waals surface area contributed by atoms with E-state index in [0.717, 1.165) is 12.1 Å². The minimum absolute atomic E-state index is 0.0345. The number of rotatable bonds is 3. The molecule has 0 saturated carbocycles. The second-order valence-electron chi connectivity index (χ2n) is 4.27. The third-order valence-corrected chi connectivity index (χ3v) is 3.87. The first kappa shape index (κ1) is 15.1. The van der Waals surface area contributed by atoms with Gasteiger partial charge in [-0.1, -0.05) is 0 Å². The molecule has 1 fully saturated rings. The van der Waals surface area contributed by atoms with Crippen LogP contribution in [0.2, 0.25) is 0 Å². The van der Waals surface area contributed by atoms with Crippen LogP contribution in [-0.4, -0.2) is 29.2 Å². The molecule has 108 valence electrons. The molecule has 1 aromatic rings. The van der Waals surface area contributed by atoms with Gasteiger partial charge in [0.2, 0.25) is 0 Å². The van der Waals surface area contributed by atoms with E-state index in [2.05, 4.69) is 5.32 Å². The zero-order valence-electron chi connectivity index (χ0n) is 10.0. The smallest absolute Gasteiger partial charge is 0.332 e. The van der Waals surface area contributed by atoms with Crippen LogP contribution >= 0.6 is 22.6 Å². The SMILES string of the molecule is O=C(Nc1cc(F)c(I)c(F)c1)[C@@H]1CC[C@H](C(=O)O)O1. The molecule has 0 radical (unpaired) electrons. The molecule has 20 heavy (non-hydrogen) atoms. The molecule has 0 unspecified atom stereocenters. The molecule has 8 heteroatoms. The summed E-state index contributed by atoms with van der Waals surface area (Å²) in [5.74, 6) is -3.31. The van der Waals surface area contributed by atoms with Gasteiger partial charge in [0.25, 0.3) is 5.91 Å². The highest BCUT2D eigenvalue weighted by molar-refractivity contribution is 14.1. The fraction of sp³-hybridized carbons (Fsp3) is 0.333. The first-order valence-electron chi connectivity index (χ1n) is 5.72. The van der Waals surface area contributed by atoms with E-state index in [1.165, 1.54) is 22.6 Å². The summed E-state index contributed by atoms with van der Waals surface area (Å²) in [6.45, 7) is 0. The fourth-order valence-corrected chi connectivity index (χ4v) is 2.17. The predicted octanol–water partition coefficient (Wildman–Crippen LogP) is 2.14. The Labute approximate surface area is 126 Å². The Morgan fingerprint density at radius 3 is 2.30 bits per heavy atom. The fourth-order valence-electron chi connectivity index (χ4n) is 1.86. The average molecular weight is 397 g/mol. The maximum atomic E-state index is 13.3. The van der Waals surface area contributed by atoms with Crippen LogP contribution in [0.25, 0.3) is 0 Å². The molecule has 2 N–H and O–H groups in total. The standard InChI is InChI=1S/C12H10F2INO4/c13-6-3-5(4-7(14)10(6)15)16-11(17)8-1-2-9(20-8)12(18)19/h3-4,8-9H,1-2H2,(H,16,17)(H,18,19)/t8-,9+/m0/s1. The van der Waals surface area contributed by atoms with Gasteiger partial charge in [-0.2, -0.15) is 0 Å². The largest absolute Gasteiger partial charge is 0.479 e. The molecular weight excluding hydrogens is 387 g/mol. The summed E-state index contributed by atoms with van der Waals surface area (Å²) in [5, 5.41) is 11.1. The Bertz CT molecular complexity index is 543. The van der Waals surface area contributed by atoms with E-state index in [0.29, 0.717) is 0 Å². The highest BCUT2D eigenvalue weighted by Crippen LogP contribution is 2.23. The van der Waals surface area contributed by atoms with Gasteiger partial charge in [0.05, 0.1) is 3.57 Å². The summed E-state index contributed by atoms with van der Waals surface area (Å²) < 4.78 is 31.5. The Kier molecular flexibility index (Phi) is 4.53. The highest BCUT2D eigenvalue weighted by Gasteiger charge is 2.34. The van der Waals surface area contributed by atoms with Gasteiger partial charge in [0, 0.05) is 5.69 Å². The van der Waals surface area contributed by atoms with Crippen molar-refractivity contribution in [1.82, 2.24) is 0 Å². The first-order chi connectivity index (χ1) is 9.38. The molecule has 1 amide bonds. The van der Waals surface area contributed by atoms with Crippen LogP contribution < -0.4 is 5.32 Å². The van der Waals surface area contributed by atoms with E-state index in [1.807, 2.05) is 0 Å². The van der Waals surface area contributed by atoms with Crippen molar-refractivity contribution in [3.8, 4) is 0 Å². The number of carbonyl (C=O) groups excluding carboxylic acids is 1. The summed E-state index contributed by atoms with van der Waals surface area (Å²) in [6, 6.07) is 1.98. The molecule has 0 aliphatic carbocycles. The molecule has 1 heterocycles. The number of hydrogen-bond donors (Lipinski definition) is 2. The maximum absolute atomic E-state index is 13.3. The lowest BCUT2D eigenvalue weighted by atomic mass is 10.2. The average Bonchev–Trinajstić information content (AvgIpc) is 2.85. The Morgan fingerprint density at radius 1 is 1.25 bits per heavy atom. The molecule has 0 spiro atoms. The van der Waals surface area contributed by atoms with Crippen molar-refractivity contribution in [3.05, 3.63) is 27.3 Å². The van der Waals surface area contributed by atoms with E-state index in [4.69, 9.17) is 9.84 Å². The van der Waals surface area contributed by atoms with Crippen molar-refractivity contribution in [2.24, 2.45) is 0 Å². The maximum Gasteiger partial charge on any atom is 0.332 e. The van der Waals surface area contributed by atoms with Crippen LogP contribution in [0.1, 0.15) is 12.8 Å². The van der Waals surface area contributed by atoms with Crippen molar-refractivity contribution in [1.29, 1.82) is 0 Å². The number of benzene rings is 1. The van der Waals surface area contributed by atoms with Gasteiger partial charge in [-0.25, -0.2) is 13.6 Å². The summed E-state index contributed by atoms with van der Waals surface area (Å²) >= 11 is 1.51. The molecule has 1 aromatic carbocycles. The lowest BCUT2D eigenvalue weighted by Crippen LogP contribution is -2.30. The molecular formula is C12H10F2INO4. The minimum Gasteiger partial charge on any atom is -0.479 e. The number of hydrogen-bond acceptors (Lipinski definition) is 3. The lowest BCUT2D eigenvalue weighted by Gasteiger charge is -2.12. The Hall–Kier alpha value is -1.29. The normalized spacial score (nSPS) is 21.8. The van der Waals surface area contributed by atoms with E-state index in [9.17, 15) is 18.4 Å². The number of ether oxygens (including phenoxy) is 1. The number of nitrogens with one attached hydrogen (secondary N) is 1. The first-order valence-corrected chi connectivity index (χ1v) is 6.80. The summed E-state index contributed by atoms with van der Waals surface area (Å²) in [5.41, 5.74) is -0.0345. The van der Waals surface area contributed by atoms with Gasteiger partial charge in [-0.3, -0.25) is 4.79 Å². The predicted molar refractivity (Wildman–Crippen MR) is 73.2 cm³/mol. The van der Waals surface area contributed by atoms with Crippen LogP contribution in [0.15, 0.2) is 12.1 Å². The second kappa shape index (κ2) is 6.00. The third kappa shape index (κ3) is 3.23. The van der Waals surface area contributed by atoms with Crippen molar-refractivity contribution in [2.75, 3.05) is 5.32 Å². The number of carboxylic acid groups (broad SMARTS) is 1. The number of halogens is 3. The molecule has 2 atom stereocenters. The molecule has 1 aliphatic heterocycles. The van der Waals surface area contributed by atoms with E-state index in [-0.39, 0.29) is 22.1 Å². The molecule has 5 nitrogen and oxygen atoms in total. The molecule has 2 rings (SSSR count). The molecule has 0 bridgehead atoms. The van der Waals surface area contributed by atoms with Crippen LogP contribution in [-0.2, 0) is 14.3 Å². The van der Waals surface area contributed by atoms with Crippen molar-refractivity contribution in [3.63, 3.8) is 0 Å². The Morgan fingerprint density at radius 2 is 1.80 bits per heavy atom. The third-order valence-electron chi connectivity index (χ3n) is 2.84. The number of aliphatic carboxylic acids is 1. The van der Waals surface area contributed by atoms with Crippen LogP contribution in [0.4, 0.5) is 14.5 Å². The van der Waals surface area contributed by atoms with E-state index >= 15 is 0 Å². The summed E-state index contributed by atoms with van der Waals surface area (Å²) in [7, 11) is 0. The van der Waals surface area contributed by atoms with Crippen molar-refractivity contribution in [2.45, 2.75) is 25.0 Å². The molecule has 0 aromatic heterocycles.